The van der Waals surface area contributed by atoms with Gasteiger partial charge >= 0.3 is 0 Å². The van der Waals surface area contributed by atoms with Crippen molar-refractivity contribution >= 4 is 10.0 Å². The maximum Gasteiger partial charge on any atom is 0.217 e. The van der Waals surface area contributed by atoms with E-state index >= 15 is 0 Å². The minimum atomic E-state index is -3.17. The van der Waals surface area contributed by atoms with Gasteiger partial charge in [0.1, 0.15) is 0 Å². The molecule has 0 atom stereocenters. The summed E-state index contributed by atoms with van der Waals surface area (Å²) >= 11 is 0. The fourth-order valence-corrected chi connectivity index (χ4v) is 2.37. The Morgan fingerprint density at radius 1 is 1.11 bits per heavy atom. The topological polar surface area (TPSA) is 49.4 Å². The minimum absolute atomic E-state index is 0.0582. The Bertz CT molecular complexity index is 452. The van der Waals surface area contributed by atoms with Crippen LogP contribution in [0, 0.1) is 0 Å². The molecule has 0 fully saturated rings. The Labute approximate surface area is 110 Å². The van der Waals surface area contributed by atoms with Gasteiger partial charge in [0.2, 0.25) is 10.0 Å². The Balaban J connectivity index is 2.61. The molecule has 0 amide bonds. The van der Waals surface area contributed by atoms with Crippen molar-refractivity contribution in [3.8, 4) is 0 Å². The molecule has 18 heavy (non-hydrogen) atoms. The lowest BCUT2D eigenvalue weighted by Crippen LogP contribution is -2.23. The summed E-state index contributed by atoms with van der Waals surface area (Å²) in [4.78, 5) is 0. The normalized spacial score (nSPS) is 12.0. The van der Waals surface area contributed by atoms with Gasteiger partial charge in [0.25, 0.3) is 0 Å². The van der Waals surface area contributed by atoms with E-state index in [0.717, 1.165) is 25.1 Å². The molecule has 0 saturated carbocycles. The van der Waals surface area contributed by atoms with Crippen LogP contribution in [0.15, 0.2) is 24.3 Å². The highest BCUT2D eigenvalue weighted by Crippen LogP contribution is 2.10. The zero-order valence-electron chi connectivity index (χ0n) is 11.3. The highest BCUT2D eigenvalue weighted by atomic mass is 32.2. The van der Waals surface area contributed by atoms with Crippen LogP contribution in [-0.4, -0.2) is 33.4 Å². The summed E-state index contributed by atoms with van der Waals surface area (Å²) in [6, 6.07) is 7.71. The molecule has 1 N–H and O–H groups in total. The van der Waals surface area contributed by atoms with E-state index in [9.17, 15) is 8.42 Å². The lowest BCUT2D eigenvalue weighted by atomic mass is 10.1. The van der Waals surface area contributed by atoms with Gasteiger partial charge in [-0.15, -0.1) is 0 Å². The highest BCUT2D eigenvalue weighted by Gasteiger charge is 2.14. The first-order valence-corrected chi connectivity index (χ1v) is 7.75. The van der Waals surface area contributed by atoms with Crippen LogP contribution in [0.2, 0.25) is 0 Å². The molecular formula is C13H22N2O2S. The van der Waals surface area contributed by atoms with Crippen LogP contribution in [0.4, 0.5) is 0 Å². The van der Waals surface area contributed by atoms with Crippen LogP contribution < -0.4 is 5.32 Å². The van der Waals surface area contributed by atoms with Crippen molar-refractivity contribution < 1.29 is 8.42 Å². The summed E-state index contributed by atoms with van der Waals surface area (Å²) in [7, 11) is -0.0594. The van der Waals surface area contributed by atoms with Crippen LogP contribution >= 0.6 is 0 Å². The van der Waals surface area contributed by atoms with Crippen LogP contribution in [0.1, 0.15) is 24.5 Å². The van der Waals surface area contributed by atoms with E-state index in [2.05, 4.69) is 12.2 Å². The number of nitrogens with zero attached hydrogens (tertiary/aromatic N) is 1. The Hall–Kier alpha value is -0.910. The fraction of sp³-hybridized carbons (Fsp3) is 0.538. The van der Waals surface area contributed by atoms with Gasteiger partial charge in [-0.1, -0.05) is 31.2 Å². The van der Waals surface area contributed by atoms with E-state index in [4.69, 9.17) is 0 Å². The summed E-state index contributed by atoms with van der Waals surface area (Å²) in [5, 5.41) is 3.31. The zero-order valence-corrected chi connectivity index (χ0v) is 12.1. The van der Waals surface area contributed by atoms with Crippen LogP contribution in [0.25, 0.3) is 0 Å². The SMILES string of the molecule is CCCNCc1ccc(CS(=O)(=O)N(C)C)cc1. The first kappa shape index (κ1) is 15.1. The molecule has 1 aromatic carbocycles. The average Bonchev–Trinajstić information content (AvgIpc) is 2.31. The highest BCUT2D eigenvalue weighted by molar-refractivity contribution is 7.88. The van der Waals surface area contributed by atoms with Crippen molar-refractivity contribution in [1.82, 2.24) is 9.62 Å². The predicted molar refractivity (Wildman–Crippen MR) is 74.8 cm³/mol. The van der Waals surface area contributed by atoms with Crippen molar-refractivity contribution in [2.45, 2.75) is 25.6 Å². The standard InChI is InChI=1S/C13H22N2O2S/c1-4-9-14-10-12-5-7-13(8-6-12)11-18(16,17)15(2)3/h5-8,14H,4,9-11H2,1-3H3. The van der Waals surface area contributed by atoms with Gasteiger partial charge in [0, 0.05) is 20.6 Å². The monoisotopic (exact) mass is 270 g/mol. The number of hydrogen-bond donors (Lipinski definition) is 1. The fourth-order valence-electron chi connectivity index (χ4n) is 1.50. The number of benzene rings is 1. The van der Waals surface area contributed by atoms with E-state index in [-0.39, 0.29) is 5.75 Å². The molecule has 5 heteroatoms. The molecule has 102 valence electrons. The minimum Gasteiger partial charge on any atom is -0.313 e. The summed E-state index contributed by atoms with van der Waals surface area (Å²) in [6.45, 7) is 3.95. The third-order valence-corrected chi connectivity index (χ3v) is 4.50. The van der Waals surface area contributed by atoms with Gasteiger partial charge in [0.05, 0.1) is 5.75 Å². The smallest absolute Gasteiger partial charge is 0.217 e. The molecule has 0 heterocycles. The van der Waals surface area contributed by atoms with Crippen molar-refractivity contribution in [2.24, 2.45) is 0 Å². The molecule has 0 radical (unpaired) electrons. The average molecular weight is 270 g/mol. The van der Waals surface area contributed by atoms with Crippen molar-refractivity contribution in [3.05, 3.63) is 35.4 Å². The first-order chi connectivity index (χ1) is 8.45. The summed E-state index contributed by atoms with van der Waals surface area (Å²) in [5.41, 5.74) is 2.00. The molecule has 0 spiro atoms. The Morgan fingerprint density at radius 3 is 2.17 bits per heavy atom. The molecule has 0 aliphatic carbocycles. The lowest BCUT2D eigenvalue weighted by molar-refractivity contribution is 0.519. The van der Waals surface area contributed by atoms with E-state index in [1.54, 1.807) is 14.1 Å². The first-order valence-electron chi connectivity index (χ1n) is 6.14. The van der Waals surface area contributed by atoms with Gasteiger partial charge in [-0.3, -0.25) is 0 Å². The van der Waals surface area contributed by atoms with Gasteiger partial charge in [0.15, 0.2) is 0 Å². The molecule has 0 unspecified atom stereocenters. The maximum absolute atomic E-state index is 11.7. The number of rotatable bonds is 7. The molecule has 0 aliphatic heterocycles. The van der Waals surface area contributed by atoms with Gasteiger partial charge in [-0.2, -0.15) is 0 Å². The number of hydrogen-bond acceptors (Lipinski definition) is 3. The van der Waals surface area contributed by atoms with Gasteiger partial charge < -0.3 is 5.32 Å². The summed E-state index contributed by atoms with van der Waals surface area (Å²) in [6.07, 6.45) is 1.11. The second-order valence-corrected chi connectivity index (χ2v) is 6.71. The van der Waals surface area contributed by atoms with Crippen LogP contribution in [0.3, 0.4) is 0 Å². The second-order valence-electron chi connectivity index (χ2n) is 4.53. The molecule has 4 nitrogen and oxygen atoms in total. The van der Waals surface area contributed by atoms with E-state index in [0.29, 0.717) is 0 Å². The van der Waals surface area contributed by atoms with E-state index in [1.807, 2.05) is 24.3 Å². The third kappa shape index (κ3) is 4.76. The van der Waals surface area contributed by atoms with E-state index < -0.39 is 10.0 Å². The van der Waals surface area contributed by atoms with Crippen molar-refractivity contribution in [3.63, 3.8) is 0 Å². The van der Waals surface area contributed by atoms with Crippen molar-refractivity contribution in [1.29, 1.82) is 0 Å². The molecule has 0 saturated heterocycles. The van der Waals surface area contributed by atoms with Crippen molar-refractivity contribution in [2.75, 3.05) is 20.6 Å². The Morgan fingerprint density at radius 2 is 1.67 bits per heavy atom. The van der Waals surface area contributed by atoms with Crippen LogP contribution in [0.5, 0.6) is 0 Å². The molecule has 0 bridgehead atoms. The Kier molecular flexibility index (Phi) is 5.78. The lowest BCUT2D eigenvalue weighted by Gasteiger charge is -2.11. The zero-order chi connectivity index (χ0) is 13.6. The molecule has 1 aromatic rings. The molecular weight excluding hydrogens is 248 g/mol. The summed E-state index contributed by atoms with van der Waals surface area (Å²) in [5.74, 6) is 0.0582. The molecule has 0 aliphatic rings. The quantitative estimate of drug-likeness (QED) is 0.765. The molecule has 0 aromatic heterocycles. The second kappa shape index (κ2) is 6.87. The van der Waals surface area contributed by atoms with Gasteiger partial charge in [-0.25, -0.2) is 12.7 Å². The molecule has 1 rings (SSSR count). The van der Waals surface area contributed by atoms with Crippen LogP contribution in [-0.2, 0) is 22.3 Å². The predicted octanol–water partition coefficient (Wildman–Crippen LogP) is 1.58. The van der Waals surface area contributed by atoms with Gasteiger partial charge in [-0.05, 0) is 24.1 Å². The maximum atomic E-state index is 11.7. The number of sulfonamides is 1. The van der Waals surface area contributed by atoms with E-state index in [1.165, 1.54) is 9.87 Å². The largest absolute Gasteiger partial charge is 0.313 e. The number of nitrogens with one attached hydrogen (secondary N) is 1. The third-order valence-electron chi connectivity index (χ3n) is 2.68. The summed E-state index contributed by atoms with van der Waals surface area (Å²) < 4.78 is 24.7.